The highest BCUT2D eigenvalue weighted by Gasteiger charge is 2.23. The second kappa shape index (κ2) is 6.68. The number of carbonyl (C=O) groups is 2. The predicted octanol–water partition coefficient (Wildman–Crippen LogP) is 1.81. The summed E-state index contributed by atoms with van der Waals surface area (Å²) >= 11 is 1.45. The molecule has 0 spiro atoms. The molecule has 2 heterocycles. The van der Waals surface area contributed by atoms with Crippen LogP contribution in [0.25, 0.3) is 0 Å². The van der Waals surface area contributed by atoms with Gasteiger partial charge in [-0.15, -0.1) is 11.3 Å². The zero-order chi connectivity index (χ0) is 13.7. The Bertz CT molecular complexity index is 426. The summed E-state index contributed by atoms with van der Waals surface area (Å²) in [5.74, 6) is -0.758. The highest BCUT2D eigenvalue weighted by atomic mass is 32.1. The number of thiophene rings is 1. The van der Waals surface area contributed by atoms with Gasteiger partial charge in [0.05, 0.1) is 12.5 Å². The Morgan fingerprint density at radius 3 is 3.00 bits per heavy atom. The number of aliphatic carboxylic acids is 1. The van der Waals surface area contributed by atoms with Crippen molar-refractivity contribution in [3.05, 3.63) is 22.4 Å². The second-order valence-corrected chi connectivity index (χ2v) is 5.65. The van der Waals surface area contributed by atoms with Gasteiger partial charge >= 0.3 is 5.97 Å². The van der Waals surface area contributed by atoms with Crippen molar-refractivity contribution >= 4 is 23.2 Å². The van der Waals surface area contributed by atoms with Crippen LogP contribution in [0.3, 0.4) is 0 Å². The lowest BCUT2D eigenvalue weighted by molar-refractivity contribution is -0.137. The maximum atomic E-state index is 11.9. The van der Waals surface area contributed by atoms with Gasteiger partial charge in [-0.1, -0.05) is 6.07 Å². The molecule has 1 fully saturated rings. The highest BCUT2D eigenvalue weighted by Crippen LogP contribution is 2.23. The third-order valence-electron chi connectivity index (χ3n) is 3.10. The Morgan fingerprint density at radius 2 is 2.42 bits per heavy atom. The maximum Gasteiger partial charge on any atom is 0.305 e. The van der Waals surface area contributed by atoms with Gasteiger partial charge in [-0.25, -0.2) is 0 Å². The van der Waals surface area contributed by atoms with E-state index in [4.69, 9.17) is 9.84 Å². The Kier molecular flexibility index (Phi) is 4.93. The molecule has 1 aromatic heterocycles. The van der Waals surface area contributed by atoms with Gasteiger partial charge in [-0.3, -0.25) is 9.59 Å². The fourth-order valence-corrected chi connectivity index (χ4v) is 2.92. The molecule has 19 heavy (non-hydrogen) atoms. The van der Waals surface area contributed by atoms with E-state index in [9.17, 15) is 9.59 Å². The fraction of sp³-hybridized carbons (Fsp3) is 0.538. The van der Waals surface area contributed by atoms with Crippen molar-refractivity contribution in [1.82, 2.24) is 5.32 Å². The molecule has 1 aromatic rings. The van der Waals surface area contributed by atoms with Crippen LogP contribution >= 0.6 is 11.3 Å². The number of carboxylic acids is 1. The molecule has 104 valence electrons. The van der Waals surface area contributed by atoms with Crippen molar-refractivity contribution in [2.75, 3.05) is 13.2 Å². The van der Waals surface area contributed by atoms with E-state index in [1.165, 1.54) is 11.3 Å². The van der Waals surface area contributed by atoms with Crippen molar-refractivity contribution in [1.29, 1.82) is 0 Å². The van der Waals surface area contributed by atoms with Crippen LogP contribution in [-0.4, -0.2) is 30.2 Å². The van der Waals surface area contributed by atoms with Crippen LogP contribution in [0.2, 0.25) is 0 Å². The van der Waals surface area contributed by atoms with E-state index in [2.05, 4.69) is 5.32 Å². The Balaban J connectivity index is 1.91. The highest BCUT2D eigenvalue weighted by molar-refractivity contribution is 7.10. The van der Waals surface area contributed by atoms with Gasteiger partial charge in [0.15, 0.2) is 0 Å². The van der Waals surface area contributed by atoms with Crippen molar-refractivity contribution in [2.45, 2.75) is 25.3 Å². The second-order valence-electron chi connectivity index (χ2n) is 4.67. The Morgan fingerprint density at radius 1 is 1.58 bits per heavy atom. The number of rotatable bonds is 6. The van der Waals surface area contributed by atoms with E-state index in [1.807, 2.05) is 17.5 Å². The topological polar surface area (TPSA) is 75.6 Å². The molecule has 0 radical (unpaired) electrons. The van der Waals surface area contributed by atoms with E-state index >= 15 is 0 Å². The van der Waals surface area contributed by atoms with Crippen LogP contribution in [0.15, 0.2) is 17.5 Å². The monoisotopic (exact) mass is 283 g/mol. The SMILES string of the molecule is O=C(O)C[C@@H](NC(=O)C[C@H]1CCOC1)c1cccs1. The molecule has 1 amide bonds. The summed E-state index contributed by atoms with van der Waals surface area (Å²) in [7, 11) is 0. The first-order valence-corrected chi connectivity index (χ1v) is 7.15. The van der Waals surface area contributed by atoms with Gasteiger partial charge in [-0.2, -0.15) is 0 Å². The van der Waals surface area contributed by atoms with Crippen LogP contribution < -0.4 is 5.32 Å². The van der Waals surface area contributed by atoms with Crippen molar-refractivity contribution in [2.24, 2.45) is 5.92 Å². The molecule has 2 N–H and O–H groups in total. The lowest BCUT2D eigenvalue weighted by atomic mass is 10.0. The van der Waals surface area contributed by atoms with Crippen molar-refractivity contribution < 1.29 is 19.4 Å². The zero-order valence-electron chi connectivity index (χ0n) is 10.5. The first-order valence-electron chi connectivity index (χ1n) is 6.27. The van der Waals surface area contributed by atoms with Crippen LogP contribution in [0.5, 0.6) is 0 Å². The zero-order valence-corrected chi connectivity index (χ0v) is 11.3. The van der Waals surface area contributed by atoms with E-state index in [0.717, 1.165) is 11.3 Å². The molecule has 1 saturated heterocycles. The molecule has 6 heteroatoms. The number of carboxylic acid groups (broad SMARTS) is 1. The molecule has 1 aliphatic rings. The summed E-state index contributed by atoms with van der Waals surface area (Å²) in [4.78, 5) is 23.7. The van der Waals surface area contributed by atoms with Gasteiger partial charge in [0.1, 0.15) is 0 Å². The number of carbonyl (C=O) groups excluding carboxylic acids is 1. The van der Waals surface area contributed by atoms with E-state index in [-0.39, 0.29) is 18.2 Å². The third kappa shape index (κ3) is 4.33. The van der Waals surface area contributed by atoms with Crippen LogP contribution in [-0.2, 0) is 14.3 Å². The first kappa shape index (κ1) is 14.0. The standard InChI is InChI=1S/C13H17NO4S/c15-12(6-9-3-4-18-8-9)14-10(7-13(16)17)11-2-1-5-19-11/h1-2,5,9-10H,3-4,6-8H2,(H,14,15)(H,16,17)/t9-,10-/m1/s1. The first-order chi connectivity index (χ1) is 9.15. The molecule has 0 aromatic carbocycles. The summed E-state index contributed by atoms with van der Waals surface area (Å²) < 4.78 is 5.23. The molecule has 0 aliphatic carbocycles. The molecule has 2 rings (SSSR count). The molecule has 1 aliphatic heterocycles. The summed E-state index contributed by atoms with van der Waals surface area (Å²) in [6, 6.07) is 3.26. The van der Waals surface area contributed by atoms with E-state index in [1.54, 1.807) is 0 Å². The summed E-state index contributed by atoms with van der Waals surface area (Å²) in [6.45, 7) is 1.33. The molecule has 5 nitrogen and oxygen atoms in total. The molecule has 0 bridgehead atoms. The number of hydrogen-bond acceptors (Lipinski definition) is 4. The van der Waals surface area contributed by atoms with E-state index in [0.29, 0.717) is 19.6 Å². The minimum absolute atomic E-state index is 0.0899. The van der Waals surface area contributed by atoms with Gasteiger partial charge in [0.25, 0.3) is 0 Å². The third-order valence-corrected chi connectivity index (χ3v) is 4.08. The van der Waals surface area contributed by atoms with Crippen LogP contribution in [0.1, 0.15) is 30.2 Å². The van der Waals surface area contributed by atoms with E-state index < -0.39 is 12.0 Å². The van der Waals surface area contributed by atoms with Crippen LogP contribution in [0, 0.1) is 5.92 Å². The normalized spacial score (nSPS) is 20.1. The molecule has 0 saturated carbocycles. The average Bonchev–Trinajstić information content (AvgIpc) is 2.99. The Labute approximate surface area is 115 Å². The van der Waals surface area contributed by atoms with Gasteiger partial charge in [0.2, 0.25) is 5.91 Å². The molecular formula is C13H17NO4S. The van der Waals surface area contributed by atoms with Gasteiger partial charge in [0, 0.05) is 24.5 Å². The van der Waals surface area contributed by atoms with Crippen molar-refractivity contribution in [3.8, 4) is 0 Å². The predicted molar refractivity (Wildman–Crippen MR) is 71.0 cm³/mol. The molecular weight excluding hydrogens is 266 g/mol. The van der Waals surface area contributed by atoms with Crippen molar-refractivity contribution in [3.63, 3.8) is 0 Å². The summed E-state index contributed by atoms with van der Waals surface area (Å²) in [5, 5.41) is 13.6. The Hall–Kier alpha value is -1.40. The average molecular weight is 283 g/mol. The molecule has 2 atom stereocenters. The number of nitrogens with one attached hydrogen (secondary N) is 1. The number of amides is 1. The quantitative estimate of drug-likeness (QED) is 0.835. The van der Waals surface area contributed by atoms with Gasteiger partial charge in [-0.05, 0) is 23.8 Å². The maximum absolute atomic E-state index is 11.9. The number of hydrogen-bond donors (Lipinski definition) is 2. The lowest BCUT2D eigenvalue weighted by Gasteiger charge is -2.16. The van der Waals surface area contributed by atoms with Gasteiger partial charge < -0.3 is 15.2 Å². The van der Waals surface area contributed by atoms with Crippen LogP contribution in [0.4, 0.5) is 0 Å². The largest absolute Gasteiger partial charge is 0.481 e. The smallest absolute Gasteiger partial charge is 0.305 e. The summed E-state index contributed by atoms with van der Waals surface area (Å²) in [5.41, 5.74) is 0. The minimum Gasteiger partial charge on any atom is -0.481 e. The lowest BCUT2D eigenvalue weighted by Crippen LogP contribution is -2.31. The fourth-order valence-electron chi connectivity index (χ4n) is 2.15. The minimum atomic E-state index is -0.914. The molecule has 0 unspecified atom stereocenters. The number of ether oxygens (including phenoxy) is 1. The summed E-state index contributed by atoms with van der Waals surface area (Å²) in [6.07, 6.45) is 1.21.